The van der Waals surface area contributed by atoms with E-state index in [-0.39, 0.29) is 0 Å². The summed E-state index contributed by atoms with van der Waals surface area (Å²) in [5.74, 6) is 0. The largest absolute Gasteiger partial charge is 0.452 e. The van der Waals surface area contributed by atoms with Gasteiger partial charge in [-0.25, -0.2) is 0 Å². The first-order valence-corrected chi connectivity index (χ1v) is 18.6. The van der Waals surface area contributed by atoms with Crippen molar-refractivity contribution in [2.45, 2.75) is 6.92 Å². The van der Waals surface area contributed by atoms with Gasteiger partial charge in [0.1, 0.15) is 11.2 Å². The molecule has 262 valence electrons. The lowest BCUT2D eigenvalue weighted by molar-refractivity contribution is 0.634. The van der Waals surface area contributed by atoms with Crippen molar-refractivity contribution >= 4 is 93.9 Å². The molecule has 0 aliphatic rings. The fraction of sp³-hybridized carbons (Fsp3) is 0.0196. The SMILES string of the molecule is C=C/C(=C\C=C/C)N(c1ccccc1)c1ccc2cc3c(cc2c1)oc1c3ccc2c3cc4ccc(N(c5ccccc5)c5ccccc5)cc4cc3oc21. The molecule has 4 heteroatoms. The minimum Gasteiger partial charge on any atom is -0.452 e. The van der Waals surface area contributed by atoms with E-state index in [2.05, 4.69) is 168 Å². The molecule has 0 unspecified atom stereocenters. The van der Waals surface area contributed by atoms with Gasteiger partial charge in [0.2, 0.25) is 0 Å². The van der Waals surface area contributed by atoms with Crippen molar-refractivity contribution in [2.24, 2.45) is 0 Å². The molecule has 0 atom stereocenters. The fourth-order valence-corrected chi connectivity index (χ4v) is 7.86. The van der Waals surface area contributed by atoms with Gasteiger partial charge < -0.3 is 18.6 Å². The average molecular weight is 709 g/mol. The van der Waals surface area contributed by atoms with Gasteiger partial charge in [0, 0.05) is 55.7 Å². The number of anilines is 5. The standard InChI is InChI=1S/C51H36N2O2/c1-3-5-15-38(4-2)52(39-16-9-6-10-17-39)42-24-22-34-30-46-44-26-27-45-47-31-35-23-25-43(53(40-18-11-7-12-19-40)41-20-13-8-14-21-41)29-37(35)33-49(47)55-51(45)50(44)54-48(46)32-36(34)28-42/h3-33H,2H2,1H3/b5-3-,38-15+. The van der Waals surface area contributed by atoms with Crippen molar-refractivity contribution in [2.75, 3.05) is 9.80 Å². The molecule has 0 bridgehead atoms. The zero-order valence-corrected chi connectivity index (χ0v) is 30.3. The fourth-order valence-electron chi connectivity index (χ4n) is 7.86. The van der Waals surface area contributed by atoms with Crippen LogP contribution in [0.2, 0.25) is 0 Å². The summed E-state index contributed by atoms with van der Waals surface area (Å²) in [5.41, 5.74) is 9.54. The third kappa shape index (κ3) is 5.55. The third-order valence-corrected chi connectivity index (χ3v) is 10.4. The van der Waals surface area contributed by atoms with Gasteiger partial charge in [-0.3, -0.25) is 0 Å². The molecular weight excluding hydrogens is 673 g/mol. The molecule has 0 aliphatic carbocycles. The van der Waals surface area contributed by atoms with Crippen LogP contribution in [0.1, 0.15) is 6.92 Å². The van der Waals surface area contributed by atoms with Crippen LogP contribution in [0.4, 0.5) is 28.4 Å². The van der Waals surface area contributed by atoms with Gasteiger partial charge >= 0.3 is 0 Å². The zero-order valence-electron chi connectivity index (χ0n) is 30.3. The highest BCUT2D eigenvalue weighted by Gasteiger charge is 2.19. The highest BCUT2D eigenvalue weighted by Crippen LogP contribution is 2.43. The summed E-state index contributed by atoms with van der Waals surface area (Å²) in [6.07, 6.45) is 8.03. The molecule has 10 rings (SSSR count). The van der Waals surface area contributed by atoms with E-state index in [1.165, 1.54) is 0 Å². The maximum Gasteiger partial charge on any atom is 0.178 e. The van der Waals surface area contributed by atoms with Crippen molar-refractivity contribution in [1.29, 1.82) is 0 Å². The molecule has 55 heavy (non-hydrogen) atoms. The molecular formula is C51H36N2O2. The Morgan fingerprint density at radius 3 is 1.47 bits per heavy atom. The van der Waals surface area contributed by atoms with Crippen LogP contribution in [-0.4, -0.2) is 0 Å². The van der Waals surface area contributed by atoms with Gasteiger partial charge in [-0.15, -0.1) is 0 Å². The van der Waals surface area contributed by atoms with Crippen molar-refractivity contribution in [1.82, 2.24) is 0 Å². The number of furan rings is 2. The second kappa shape index (κ2) is 13.3. The van der Waals surface area contributed by atoms with Gasteiger partial charge in [-0.05, 0) is 138 Å². The molecule has 0 saturated heterocycles. The summed E-state index contributed by atoms with van der Waals surface area (Å²) in [6.45, 7) is 6.15. The first-order chi connectivity index (χ1) is 27.2. The predicted octanol–water partition coefficient (Wildman–Crippen LogP) is 15.0. The van der Waals surface area contributed by atoms with Gasteiger partial charge in [-0.1, -0.05) is 85.5 Å². The zero-order chi connectivity index (χ0) is 36.9. The molecule has 2 aromatic heterocycles. The van der Waals surface area contributed by atoms with E-state index in [0.29, 0.717) is 0 Å². The molecule has 8 aromatic carbocycles. The smallest absolute Gasteiger partial charge is 0.178 e. The number of benzene rings is 8. The minimum atomic E-state index is 0.762. The number of rotatable bonds is 8. The lowest BCUT2D eigenvalue weighted by Gasteiger charge is -2.26. The van der Waals surface area contributed by atoms with E-state index in [9.17, 15) is 0 Å². The van der Waals surface area contributed by atoms with Crippen LogP contribution in [0.15, 0.2) is 209 Å². The van der Waals surface area contributed by atoms with Gasteiger partial charge in [0.15, 0.2) is 11.2 Å². The Morgan fingerprint density at radius 2 is 0.964 bits per heavy atom. The first kappa shape index (κ1) is 32.4. The van der Waals surface area contributed by atoms with Crippen molar-refractivity contribution in [3.63, 3.8) is 0 Å². The second-order valence-electron chi connectivity index (χ2n) is 13.8. The van der Waals surface area contributed by atoms with E-state index in [4.69, 9.17) is 8.83 Å². The molecule has 0 radical (unpaired) electrons. The first-order valence-electron chi connectivity index (χ1n) is 18.6. The number of hydrogen-bond acceptors (Lipinski definition) is 4. The van der Waals surface area contributed by atoms with Crippen LogP contribution in [0, 0.1) is 0 Å². The Labute approximate surface area is 318 Å². The van der Waals surface area contributed by atoms with E-state index in [0.717, 1.165) is 99.6 Å². The number of fused-ring (bicyclic) bond motifs is 9. The lowest BCUT2D eigenvalue weighted by Crippen LogP contribution is -2.14. The van der Waals surface area contributed by atoms with Crippen molar-refractivity contribution < 1.29 is 8.83 Å². The Morgan fingerprint density at radius 1 is 0.473 bits per heavy atom. The van der Waals surface area contributed by atoms with Crippen LogP contribution >= 0.6 is 0 Å². The molecule has 0 saturated carbocycles. The second-order valence-corrected chi connectivity index (χ2v) is 13.8. The highest BCUT2D eigenvalue weighted by atomic mass is 16.4. The predicted molar refractivity (Wildman–Crippen MR) is 232 cm³/mol. The van der Waals surface area contributed by atoms with Gasteiger partial charge in [0.05, 0.1) is 0 Å². The normalized spacial score (nSPS) is 12.2. The Hall–Kier alpha value is -7.30. The lowest BCUT2D eigenvalue weighted by atomic mass is 10.0. The van der Waals surface area contributed by atoms with E-state index < -0.39 is 0 Å². The molecule has 0 fully saturated rings. The molecule has 0 aliphatic heterocycles. The van der Waals surface area contributed by atoms with E-state index in [1.807, 2.05) is 43.4 Å². The summed E-state index contributed by atoms with van der Waals surface area (Å²) in [6, 6.07) is 57.7. The quantitative estimate of drug-likeness (QED) is 0.147. The number of nitrogens with zero attached hydrogens (tertiary/aromatic N) is 2. The van der Waals surface area contributed by atoms with Crippen LogP contribution < -0.4 is 9.80 Å². The maximum atomic E-state index is 6.71. The molecule has 0 spiro atoms. The van der Waals surface area contributed by atoms with E-state index >= 15 is 0 Å². The highest BCUT2D eigenvalue weighted by molar-refractivity contribution is 6.21. The Kier molecular flexibility index (Phi) is 7.81. The molecule has 0 N–H and O–H groups in total. The minimum absolute atomic E-state index is 0.762. The van der Waals surface area contributed by atoms with Crippen molar-refractivity contribution in [3.05, 3.63) is 200 Å². The van der Waals surface area contributed by atoms with Crippen LogP contribution in [0.25, 0.3) is 65.4 Å². The summed E-state index contributed by atoms with van der Waals surface area (Å²) in [5, 5.41) is 8.69. The Balaban J connectivity index is 1.09. The Bertz CT molecular complexity index is 3080. The van der Waals surface area contributed by atoms with Crippen LogP contribution in [0.3, 0.4) is 0 Å². The molecule has 2 heterocycles. The third-order valence-electron chi connectivity index (χ3n) is 10.4. The monoisotopic (exact) mass is 708 g/mol. The van der Waals surface area contributed by atoms with Crippen molar-refractivity contribution in [3.8, 4) is 0 Å². The number of allylic oxidation sites excluding steroid dienone is 4. The number of para-hydroxylation sites is 3. The molecule has 0 amide bonds. The summed E-state index contributed by atoms with van der Waals surface area (Å²) >= 11 is 0. The number of hydrogen-bond donors (Lipinski definition) is 0. The topological polar surface area (TPSA) is 32.8 Å². The van der Waals surface area contributed by atoms with E-state index in [1.54, 1.807) is 0 Å². The van der Waals surface area contributed by atoms with Crippen LogP contribution in [0.5, 0.6) is 0 Å². The average Bonchev–Trinajstić information content (AvgIpc) is 3.79. The van der Waals surface area contributed by atoms with Crippen LogP contribution in [-0.2, 0) is 0 Å². The maximum absolute atomic E-state index is 6.71. The van der Waals surface area contributed by atoms with Gasteiger partial charge in [-0.2, -0.15) is 0 Å². The molecule has 4 nitrogen and oxygen atoms in total. The summed E-state index contributed by atoms with van der Waals surface area (Å²) in [4.78, 5) is 4.51. The molecule has 10 aromatic rings. The van der Waals surface area contributed by atoms with Gasteiger partial charge in [0.25, 0.3) is 0 Å². The summed E-state index contributed by atoms with van der Waals surface area (Å²) in [7, 11) is 0. The summed E-state index contributed by atoms with van der Waals surface area (Å²) < 4.78 is 13.4.